The highest BCUT2D eigenvalue weighted by molar-refractivity contribution is 5.85. The number of hydrogen-bond donors (Lipinski definition) is 0. The first-order valence-corrected chi connectivity index (χ1v) is 10.0. The normalized spacial score (nSPS) is 15.2. The van der Waals surface area contributed by atoms with E-state index in [0.717, 1.165) is 43.0 Å². The first-order valence-electron chi connectivity index (χ1n) is 10.0. The molecule has 1 aromatic heterocycles. The minimum absolute atomic E-state index is 0. The van der Waals surface area contributed by atoms with Gasteiger partial charge in [0, 0.05) is 24.5 Å². The molecule has 0 aliphatic carbocycles. The number of aryl methyl sites for hydroxylation is 1. The molecule has 3 aromatic rings. The van der Waals surface area contributed by atoms with Crippen LogP contribution in [0.3, 0.4) is 0 Å². The van der Waals surface area contributed by atoms with Gasteiger partial charge in [0.1, 0.15) is 12.4 Å². The van der Waals surface area contributed by atoms with E-state index < -0.39 is 11.7 Å². The Balaban J connectivity index is 0.00000256. The van der Waals surface area contributed by atoms with Crippen LogP contribution >= 0.6 is 12.4 Å². The Kier molecular flexibility index (Phi) is 6.98. The Labute approximate surface area is 180 Å². The van der Waals surface area contributed by atoms with Crippen LogP contribution in [0.2, 0.25) is 0 Å². The average Bonchev–Trinajstić information content (AvgIpc) is 2.98. The number of benzene rings is 2. The zero-order valence-electron chi connectivity index (χ0n) is 16.9. The Morgan fingerprint density at radius 2 is 1.60 bits per heavy atom. The van der Waals surface area contributed by atoms with Crippen molar-refractivity contribution in [1.29, 1.82) is 0 Å². The van der Waals surface area contributed by atoms with Crippen LogP contribution in [0.15, 0.2) is 48.5 Å². The third kappa shape index (κ3) is 4.76. The number of piperidine rings is 1. The van der Waals surface area contributed by atoms with Crippen molar-refractivity contribution in [2.75, 3.05) is 13.1 Å². The van der Waals surface area contributed by atoms with Gasteiger partial charge in [0.05, 0.1) is 11.3 Å². The zero-order valence-corrected chi connectivity index (χ0v) is 17.7. The number of halogens is 4. The first kappa shape index (κ1) is 22.5. The number of alkyl halides is 3. The minimum Gasteiger partial charge on any atom is -0.487 e. The van der Waals surface area contributed by atoms with Gasteiger partial charge in [0.2, 0.25) is 0 Å². The Morgan fingerprint density at radius 1 is 0.933 bits per heavy atom. The second kappa shape index (κ2) is 9.31. The molecule has 0 spiro atoms. The van der Waals surface area contributed by atoms with E-state index in [1.54, 1.807) is 0 Å². The number of hydrogen-bond acceptors (Lipinski definition) is 2. The number of rotatable bonds is 5. The van der Waals surface area contributed by atoms with Crippen LogP contribution in [0.25, 0.3) is 10.9 Å². The molecule has 0 bridgehead atoms. The number of ether oxygens (including phenoxy) is 1. The molecule has 1 fully saturated rings. The van der Waals surface area contributed by atoms with Crippen molar-refractivity contribution in [2.45, 2.75) is 38.6 Å². The van der Waals surface area contributed by atoms with Crippen LogP contribution in [0, 0.1) is 0 Å². The van der Waals surface area contributed by atoms with Crippen molar-refractivity contribution in [3.05, 3.63) is 65.4 Å². The fourth-order valence-corrected chi connectivity index (χ4v) is 4.12. The number of aromatic nitrogens is 1. The van der Waals surface area contributed by atoms with Crippen LogP contribution in [-0.4, -0.2) is 22.6 Å². The summed E-state index contributed by atoms with van der Waals surface area (Å²) in [4.78, 5) is 2.48. The molecule has 0 saturated carbocycles. The van der Waals surface area contributed by atoms with E-state index in [9.17, 15) is 13.2 Å². The lowest BCUT2D eigenvalue weighted by Crippen LogP contribution is -2.29. The zero-order chi connectivity index (χ0) is 20.4. The number of nitrogens with zero attached hydrogens (tertiary/aromatic N) is 2. The Morgan fingerprint density at radius 3 is 2.27 bits per heavy atom. The molecule has 0 radical (unpaired) electrons. The highest BCUT2D eigenvalue weighted by Crippen LogP contribution is 2.31. The highest BCUT2D eigenvalue weighted by Gasteiger charge is 2.30. The van der Waals surface area contributed by atoms with Gasteiger partial charge < -0.3 is 9.30 Å². The van der Waals surface area contributed by atoms with E-state index in [0.29, 0.717) is 12.4 Å². The maximum atomic E-state index is 12.8. The largest absolute Gasteiger partial charge is 0.487 e. The molecule has 1 aliphatic heterocycles. The van der Waals surface area contributed by atoms with Crippen LogP contribution in [0.1, 0.15) is 36.1 Å². The monoisotopic (exact) mass is 438 g/mol. The summed E-state index contributed by atoms with van der Waals surface area (Å²) in [6.45, 7) is 3.39. The van der Waals surface area contributed by atoms with Crippen molar-refractivity contribution in [3.63, 3.8) is 0 Å². The van der Waals surface area contributed by atoms with Crippen LogP contribution in [-0.2, 0) is 26.4 Å². The summed E-state index contributed by atoms with van der Waals surface area (Å²) >= 11 is 0. The molecule has 0 atom stereocenters. The molecule has 7 heteroatoms. The molecular weight excluding hydrogens is 413 g/mol. The fourth-order valence-electron chi connectivity index (χ4n) is 4.12. The lowest BCUT2D eigenvalue weighted by atomic mass is 10.1. The second-order valence-electron chi connectivity index (χ2n) is 7.65. The number of para-hydroxylation sites is 1. The van der Waals surface area contributed by atoms with E-state index in [2.05, 4.69) is 21.6 Å². The number of fused-ring (bicyclic) bond motifs is 1. The van der Waals surface area contributed by atoms with Gasteiger partial charge in [-0.2, -0.15) is 13.2 Å². The lowest BCUT2D eigenvalue weighted by molar-refractivity contribution is -0.137. The Hall–Kier alpha value is -2.18. The minimum atomic E-state index is -4.34. The maximum Gasteiger partial charge on any atom is 0.416 e. The summed E-state index contributed by atoms with van der Waals surface area (Å²) in [6, 6.07) is 13.2. The molecule has 0 unspecified atom stereocenters. The van der Waals surface area contributed by atoms with Gasteiger partial charge >= 0.3 is 6.18 Å². The van der Waals surface area contributed by atoms with Crippen molar-refractivity contribution in [3.8, 4) is 5.75 Å². The van der Waals surface area contributed by atoms with Gasteiger partial charge in [0.25, 0.3) is 0 Å². The molecule has 0 amide bonds. The van der Waals surface area contributed by atoms with Gasteiger partial charge in [-0.25, -0.2) is 0 Å². The smallest absolute Gasteiger partial charge is 0.416 e. The van der Waals surface area contributed by atoms with Gasteiger partial charge in [-0.15, -0.1) is 12.4 Å². The summed E-state index contributed by atoms with van der Waals surface area (Å²) in [5.74, 6) is 0.437. The second-order valence-corrected chi connectivity index (χ2v) is 7.65. The summed E-state index contributed by atoms with van der Waals surface area (Å²) < 4.78 is 46.3. The van der Waals surface area contributed by atoms with Crippen LogP contribution < -0.4 is 4.74 Å². The number of likely N-dealkylation sites (tertiary alicyclic amines) is 1. The van der Waals surface area contributed by atoms with Crippen molar-refractivity contribution in [2.24, 2.45) is 7.05 Å². The van der Waals surface area contributed by atoms with E-state index in [1.165, 1.54) is 42.3 Å². The molecule has 1 aliphatic rings. The summed E-state index contributed by atoms with van der Waals surface area (Å²) in [5.41, 5.74) is 2.79. The van der Waals surface area contributed by atoms with Crippen molar-refractivity contribution >= 4 is 23.3 Å². The molecule has 0 N–H and O–H groups in total. The molecule has 1 saturated heterocycles. The third-order valence-corrected chi connectivity index (χ3v) is 5.73. The predicted molar refractivity (Wildman–Crippen MR) is 115 cm³/mol. The van der Waals surface area contributed by atoms with Gasteiger partial charge in [-0.3, -0.25) is 4.90 Å². The molecule has 2 heterocycles. The van der Waals surface area contributed by atoms with Gasteiger partial charge in [-0.1, -0.05) is 24.6 Å². The fraction of sp³-hybridized carbons (Fsp3) is 0.391. The molecule has 162 valence electrons. The van der Waals surface area contributed by atoms with Gasteiger partial charge in [0.15, 0.2) is 0 Å². The highest BCUT2D eigenvalue weighted by atomic mass is 35.5. The van der Waals surface area contributed by atoms with Crippen molar-refractivity contribution in [1.82, 2.24) is 9.47 Å². The summed E-state index contributed by atoms with van der Waals surface area (Å²) in [5, 5.41) is 1.21. The van der Waals surface area contributed by atoms with E-state index in [4.69, 9.17) is 4.74 Å². The quantitative estimate of drug-likeness (QED) is 0.473. The third-order valence-electron chi connectivity index (χ3n) is 5.73. The standard InChI is InChI=1S/C23H25F3N2O.ClH/c1-27-21-8-4-3-7-19(21)20(15-28-13-5-2-6-14-28)22(27)16-29-18-11-9-17(10-12-18)23(24,25)26;/h3-4,7-12H,2,5-6,13-16H2,1H3;1H. The van der Waals surface area contributed by atoms with Gasteiger partial charge in [-0.05, 0) is 61.8 Å². The first-order chi connectivity index (χ1) is 13.9. The molecule has 2 aromatic carbocycles. The molecule has 3 nitrogen and oxygen atoms in total. The van der Waals surface area contributed by atoms with E-state index >= 15 is 0 Å². The predicted octanol–water partition coefficient (Wildman–Crippen LogP) is 6.18. The average molecular weight is 439 g/mol. The lowest BCUT2D eigenvalue weighted by Gasteiger charge is -2.26. The maximum absolute atomic E-state index is 12.8. The van der Waals surface area contributed by atoms with E-state index in [1.807, 2.05) is 19.2 Å². The Bertz CT molecular complexity index is 977. The summed E-state index contributed by atoms with van der Waals surface area (Å²) in [7, 11) is 2.02. The topological polar surface area (TPSA) is 17.4 Å². The van der Waals surface area contributed by atoms with Crippen LogP contribution in [0.5, 0.6) is 5.75 Å². The van der Waals surface area contributed by atoms with E-state index in [-0.39, 0.29) is 12.4 Å². The van der Waals surface area contributed by atoms with Crippen molar-refractivity contribution < 1.29 is 17.9 Å². The molecular formula is C23H26ClF3N2O. The van der Waals surface area contributed by atoms with Crippen LogP contribution in [0.4, 0.5) is 13.2 Å². The molecule has 30 heavy (non-hydrogen) atoms. The molecule has 4 rings (SSSR count). The SMILES string of the molecule is Cl.Cn1c(COc2ccc(C(F)(F)F)cc2)c(CN2CCCCC2)c2ccccc21. The summed E-state index contributed by atoms with van der Waals surface area (Å²) in [6.07, 6.45) is -0.601.